The summed E-state index contributed by atoms with van der Waals surface area (Å²) in [5.41, 5.74) is 8.26. The SMILES string of the molecule is CC(O)[C@](N)(CCCCCCCCC[C@](N)(C(=O)O)C(C)O)C(=O)O. The Bertz CT molecular complexity index is 391. The van der Waals surface area contributed by atoms with Crippen LogP contribution in [0, 0.1) is 0 Å². The number of nitrogens with two attached hydrogens (primary N) is 2. The molecule has 25 heavy (non-hydrogen) atoms. The van der Waals surface area contributed by atoms with Crippen LogP contribution in [0.4, 0.5) is 0 Å². The zero-order valence-electron chi connectivity index (χ0n) is 15.3. The fourth-order valence-electron chi connectivity index (χ4n) is 2.71. The van der Waals surface area contributed by atoms with Crippen molar-refractivity contribution < 1.29 is 30.0 Å². The van der Waals surface area contributed by atoms with E-state index in [1.165, 1.54) is 13.8 Å². The van der Waals surface area contributed by atoms with Gasteiger partial charge < -0.3 is 31.9 Å². The van der Waals surface area contributed by atoms with E-state index >= 15 is 0 Å². The standard InChI is InChI=1S/C17H34N2O6/c1-12(20)16(18,14(22)23)10-8-6-4-3-5-7-9-11-17(19,13(2)21)15(24)25/h12-13,20-21H,3-11,18-19H2,1-2H3,(H,22,23)(H,24,25)/t12?,13?,16-,17-/m1/s1. The molecule has 0 saturated carbocycles. The van der Waals surface area contributed by atoms with Gasteiger partial charge in [0, 0.05) is 0 Å². The third-order valence-electron chi connectivity index (χ3n) is 4.97. The molecule has 0 aliphatic carbocycles. The highest BCUT2D eigenvalue weighted by Crippen LogP contribution is 2.20. The number of unbranched alkanes of at least 4 members (excludes halogenated alkanes) is 6. The van der Waals surface area contributed by atoms with Gasteiger partial charge in [-0.3, -0.25) is 9.59 Å². The lowest BCUT2D eigenvalue weighted by atomic mass is 9.87. The molecule has 148 valence electrons. The van der Waals surface area contributed by atoms with Gasteiger partial charge >= 0.3 is 11.9 Å². The van der Waals surface area contributed by atoms with Crippen LogP contribution in [0.5, 0.6) is 0 Å². The van der Waals surface area contributed by atoms with Crippen LogP contribution in [-0.2, 0) is 9.59 Å². The molecular weight excluding hydrogens is 328 g/mol. The van der Waals surface area contributed by atoms with Crippen molar-refractivity contribution in [1.82, 2.24) is 0 Å². The van der Waals surface area contributed by atoms with Gasteiger partial charge in [0.15, 0.2) is 0 Å². The van der Waals surface area contributed by atoms with Crippen molar-refractivity contribution in [2.24, 2.45) is 11.5 Å². The average molecular weight is 362 g/mol. The van der Waals surface area contributed by atoms with E-state index in [4.69, 9.17) is 21.7 Å². The molecule has 0 bridgehead atoms. The zero-order chi connectivity index (χ0) is 19.7. The average Bonchev–Trinajstić information content (AvgIpc) is 2.51. The molecule has 0 heterocycles. The monoisotopic (exact) mass is 362 g/mol. The third-order valence-corrected chi connectivity index (χ3v) is 4.97. The van der Waals surface area contributed by atoms with E-state index in [-0.39, 0.29) is 12.8 Å². The van der Waals surface area contributed by atoms with Crippen LogP contribution in [0.25, 0.3) is 0 Å². The minimum Gasteiger partial charge on any atom is -0.480 e. The van der Waals surface area contributed by atoms with Crippen molar-refractivity contribution in [2.75, 3.05) is 0 Å². The van der Waals surface area contributed by atoms with E-state index in [9.17, 15) is 19.8 Å². The summed E-state index contributed by atoms with van der Waals surface area (Å²) in [7, 11) is 0. The predicted molar refractivity (Wildman–Crippen MR) is 94.0 cm³/mol. The Kier molecular flexibility index (Phi) is 10.2. The second-order valence-corrected chi connectivity index (χ2v) is 7.02. The van der Waals surface area contributed by atoms with Gasteiger partial charge in [0.05, 0.1) is 12.2 Å². The maximum absolute atomic E-state index is 11.1. The maximum Gasteiger partial charge on any atom is 0.326 e. The zero-order valence-corrected chi connectivity index (χ0v) is 15.3. The molecule has 0 saturated heterocycles. The van der Waals surface area contributed by atoms with Crippen LogP contribution in [-0.4, -0.2) is 55.7 Å². The topological polar surface area (TPSA) is 167 Å². The van der Waals surface area contributed by atoms with E-state index in [0.29, 0.717) is 12.8 Å². The van der Waals surface area contributed by atoms with Crippen LogP contribution in [0.1, 0.15) is 71.6 Å². The molecular formula is C17H34N2O6. The summed E-state index contributed by atoms with van der Waals surface area (Å²) in [5, 5.41) is 37.2. The lowest BCUT2D eigenvalue weighted by molar-refractivity contribution is -0.149. The summed E-state index contributed by atoms with van der Waals surface area (Å²) in [6.07, 6.45) is 3.91. The molecule has 0 aliphatic heterocycles. The summed E-state index contributed by atoms with van der Waals surface area (Å²) in [6, 6.07) is 0. The van der Waals surface area contributed by atoms with Gasteiger partial charge in [-0.25, -0.2) is 0 Å². The van der Waals surface area contributed by atoms with Gasteiger partial charge in [0.25, 0.3) is 0 Å². The van der Waals surface area contributed by atoms with Crippen LogP contribution in [0.15, 0.2) is 0 Å². The van der Waals surface area contributed by atoms with Gasteiger partial charge in [0.2, 0.25) is 0 Å². The van der Waals surface area contributed by atoms with E-state index in [0.717, 1.165) is 32.1 Å². The summed E-state index contributed by atoms with van der Waals surface area (Å²) in [4.78, 5) is 22.2. The Balaban J connectivity index is 3.88. The molecule has 2 unspecified atom stereocenters. The summed E-state index contributed by atoms with van der Waals surface area (Å²) in [6.45, 7) is 2.77. The molecule has 0 amide bonds. The Morgan fingerprint density at radius 3 is 1.16 bits per heavy atom. The number of hydrogen-bond acceptors (Lipinski definition) is 6. The van der Waals surface area contributed by atoms with E-state index in [1.807, 2.05) is 0 Å². The quantitative estimate of drug-likeness (QED) is 0.247. The fraction of sp³-hybridized carbons (Fsp3) is 0.882. The lowest BCUT2D eigenvalue weighted by Gasteiger charge is -2.27. The van der Waals surface area contributed by atoms with E-state index in [1.54, 1.807) is 0 Å². The van der Waals surface area contributed by atoms with Crippen LogP contribution in [0.2, 0.25) is 0 Å². The van der Waals surface area contributed by atoms with Gasteiger partial charge in [0.1, 0.15) is 11.1 Å². The van der Waals surface area contributed by atoms with Crippen LogP contribution in [0.3, 0.4) is 0 Å². The molecule has 0 aromatic heterocycles. The highest BCUT2D eigenvalue weighted by atomic mass is 16.4. The molecule has 0 aromatic rings. The molecule has 4 atom stereocenters. The second-order valence-electron chi connectivity index (χ2n) is 7.02. The fourth-order valence-corrected chi connectivity index (χ4v) is 2.71. The van der Waals surface area contributed by atoms with Gasteiger partial charge in [-0.2, -0.15) is 0 Å². The minimum absolute atomic E-state index is 0.225. The molecule has 0 rings (SSSR count). The number of aliphatic hydroxyl groups excluding tert-OH is 2. The molecule has 0 aliphatic rings. The number of carboxylic acids is 2. The number of aliphatic hydroxyl groups is 2. The van der Waals surface area contributed by atoms with Crippen molar-refractivity contribution in [3.63, 3.8) is 0 Å². The van der Waals surface area contributed by atoms with E-state index in [2.05, 4.69) is 0 Å². The molecule has 0 radical (unpaired) electrons. The number of rotatable bonds is 14. The van der Waals surface area contributed by atoms with Crippen molar-refractivity contribution in [1.29, 1.82) is 0 Å². The Labute approximate surface area is 149 Å². The summed E-state index contributed by atoms with van der Waals surface area (Å²) < 4.78 is 0. The number of aliphatic carboxylic acids is 2. The highest BCUT2D eigenvalue weighted by Gasteiger charge is 2.39. The minimum atomic E-state index is -1.59. The Morgan fingerprint density at radius 1 is 0.720 bits per heavy atom. The first kappa shape index (κ1) is 23.8. The second kappa shape index (κ2) is 10.7. The molecule has 0 spiro atoms. The van der Waals surface area contributed by atoms with Crippen LogP contribution < -0.4 is 11.5 Å². The van der Waals surface area contributed by atoms with E-state index < -0.39 is 35.2 Å². The normalized spacial score (nSPS) is 18.8. The lowest BCUT2D eigenvalue weighted by Crippen LogP contribution is -2.56. The molecule has 8 heteroatoms. The maximum atomic E-state index is 11.1. The van der Waals surface area contributed by atoms with Gasteiger partial charge in [-0.1, -0.05) is 44.9 Å². The number of carbonyl (C=O) groups is 2. The first-order chi connectivity index (χ1) is 11.5. The largest absolute Gasteiger partial charge is 0.480 e. The number of carboxylic acid groups (broad SMARTS) is 2. The van der Waals surface area contributed by atoms with Crippen molar-refractivity contribution in [3.05, 3.63) is 0 Å². The van der Waals surface area contributed by atoms with Gasteiger partial charge in [-0.05, 0) is 26.7 Å². The Hall–Kier alpha value is -1.22. The van der Waals surface area contributed by atoms with Crippen molar-refractivity contribution in [2.45, 2.75) is 94.9 Å². The smallest absolute Gasteiger partial charge is 0.326 e. The molecule has 8 N–H and O–H groups in total. The highest BCUT2D eigenvalue weighted by molar-refractivity contribution is 5.79. The summed E-state index contributed by atoms with van der Waals surface area (Å²) in [5.74, 6) is -2.38. The Morgan fingerprint density at radius 2 is 0.960 bits per heavy atom. The summed E-state index contributed by atoms with van der Waals surface area (Å²) >= 11 is 0. The first-order valence-electron chi connectivity index (χ1n) is 8.89. The number of hydrogen-bond donors (Lipinski definition) is 6. The molecule has 0 aromatic carbocycles. The van der Waals surface area contributed by atoms with Crippen molar-refractivity contribution in [3.8, 4) is 0 Å². The third kappa shape index (κ3) is 7.27. The van der Waals surface area contributed by atoms with Crippen molar-refractivity contribution >= 4 is 11.9 Å². The van der Waals surface area contributed by atoms with Crippen LogP contribution >= 0.6 is 0 Å². The predicted octanol–water partition coefficient (Wildman–Crippen LogP) is 0.823. The first-order valence-corrected chi connectivity index (χ1v) is 8.89. The van der Waals surface area contributed by atoms with Gasteiger partial charge in [-0.15, -0.1) is 0 Å². The molecule has 0 fully saturated rings. The molecule has 8 nitrogen and oxygen atoms in total.